The van der Waals surface area contributed by atoms with Crippen LogP contribution in [0.4, 0.5) is 0 Å². The van der Waals surface area contributed by atoms with E-state index in [9.17, 15) is 4.79 Å². The molecule has 0 bridgehead atoms. The van der Waals surface area contributed by atoms with Crippen LogP contribution >= 0.6 is 0 Å². The maximum absolute atomic E-state index is 10.6. The third kappa shape index (κ3) is 3.73. The molecule has 1 aromatic rings. The van der Waals surface area contributed by atoms with Crippen molar-refractivity contribution in [1.82, 2.24) is 14.7 Å². The first-order chi connectivity index (χ1) is 10.2. The number of fused-ring (bicyclic) bond motifs is 1. The van der Waals surface area contributed by atoms with Crippen LogP contribution in [-0.2, 0) is 24.3 Å². The fourth-order valence-corrected chi connectivity index (χ4v) is 3.28. The van der Waals surface area contributed by atoms with Crippen LogP contribution in [0.2, 0.25) is 0 Å². The first-order valence-electron chi connectivity index (χ1n) is 7.85. The Labute approximate surface area is 125 Å². The Morgan fingerprint density at radius 3 is 3.05 bits per heavy atom. The maximum Gasteiger partial charge on any atom is 0.303 e. The number of carbonyl (C=O) groups is 1. The SMILES string of the molecule is O=C(O)CCc1cc2n(n1)CCN(C[C@H]1CC=CCC1)C2. The lowest BCUT2D eigenvalue weighted by Crippen LogP contribution is -2.37. The van der Waals surface area contributed by atoms with Crippen LogP contribution in [0.15, 0.2) is 18.2 Å². The normalized spacial score (nSPS) is 22.2. The molecule has 1 N–H and O–H groups in total. The molecule has 1 atom stereocenters. The summed E-state index contributed by atoms with van der Waals surface area (Å²) in [7, 11) is 0. The van der Waals surface area contributed by atoms with Crippen molar-refractivity contribution in [3.05, 3.63) is 29.6 Å². The zero-order valence-corrected chi connectivity index (χ0v) is 12.4. The highest BCUT2D eigenvalue weighted by atomic mass is 16.4. The van der Waals surface area contributed by atoms with Crippen LogP contribution in [0, 0.1) is 5.92 Å². The highest BCUT2D eigenvalue weighted by Crippen LogP contribution is 2.22. The fourth-order valence-electron chi connectivity index (χ4n) is 3.28. The topological polar surface area (TPSA) is 58.4 Å². The molecule has 0 saturated carbocycles. The molecule has 2 heterocycles. The second-order valence-corrected chi connectivity index (χ2v) is 6.13. The molecule has 0 radical (unpaired) electrons. The highest BCUT2D eigenvalue weighted by Gasteiger charge is 2.21. The molecule has 0 aromatic carbocycles. The Balaban J connectivity index is 1.57. The number of carboxylic acid groups (broad SMARTS) is 1. The molecule has 0 spiro atoms. The number of hydrogen-bond acceptors (Lipinski definition) is 3. The number of aliphatic carboxylic acids is 1. The molecule has 0 amide bonds. The number of hydrogen-bond donors (Lipinski definition) is 1. The molecule has 3 rings (SSSR count). The summed E-state index contributed by atoms with van der Waals surface area (Å²) >= 11 is 0. The van der Waals surface area contributed by atoms with Crippen LogP contribution < -0.4 is 0 Å². The molecular formula is C16H23N3O2. The lowest BCUT2D eigenvalue weighted by molar-refractivity contribution is -0.136. The van der Waals surface area contributed by atoms with Gasteiger partial charge in [-0.05, 0) is 31.2 Å². The Kier molecular flexibility index (Phi) is 4.39. The van der Waals surface area contributed by atoms with Crippen molar-refractivity contribution in [2.75, 3.05) is 13.1 Å². The minimum absolute atomic E-state index is 0.161. The first kappa shape index (κ1) is 14.3. The van der Waals surface area contributed by atoms with E-state index in [4.69, 9.17) is 5.11 Å². The van der Waals surface area contributed by atoms with E-state index < -0.39 is 5.97 Å². The summed E-state index contributed by atoms with van der Waals surface area (Å²) in [6.45, 7) is 4.08. The summed E-state index contributed by atoms with van der Waals surface area (Å²) in [4.78, 5) is 13.2. The van der Waals surface area contributed by atoms with Crippen molar-refractivity contribution in [2.45, 2.75) is 45.2 Å². The Morgan fingerprint density at radius 2 is 2.29 bits per heavy atom. The molecule has 0 fully saturated rings. The summed E-state index contributed by atoms with van der Waals surface area (Å²) in [5.41, 5.74) is 2.14. The minimum atomic E-state index is -0.757. The van der Waals surface area contributed by atoms with Gasteiger partial charge in [-0.2, -0.15) is 5.10 Å². The molecule has 114 valence electrons. The van der Waals surface area contributed by atoms with Crippen LogP contribution in [-0.4, -0.2) is 38.8 Å². The molecule has 1 aromatic heterocycles. The fraction of sp³-hybridized carbons (Fsp3) is 0.625. The van der Waals surface area contributed by atoms with Gasteiger partial charge in [0.2, 0.25) is 0 Å². The smallest absolute Gasteiger partial charge is 0.303 e. The molecular weight excluding hydrogens is 266 g/mol. The first-order valence-corrected chi connectivity index (χ1v) is 7.85. The zero-order chi connectivity index (χ0) is 14.7. The Bertz CT molecular complexity index is 536. The van der Waals surface area contributed by atoms with Crippen LogP contribution in [0.1, 0.15) is 37.1 Å². The van der Waals surface area contributed by atoms with Gasteiger partial charge in [-0.1, -0.05) is 12.2 Å². The molecule has 1 aliphatic heterocycles. The predicted molar refractivity (Wildman–Crippen MR) is 79.9 cm³/mol. The van der Waals surface area contributed by atoms with Crippen molar-refractivity contribution < 1.29 is 9.90 Å². The van der Waals surface area contributed by atoms with Crippen LogP contribution in [0.25, 0.3) is 0 Å². The van der Waals surface area contributed by atoms with E-state index in [0.29, 0.717) is 6.42 Å². The number of nitrogens with zero attached hydrogens (tertiary/aromatic N) is 3. The maximum atomic E-state index is 10.6. The van der Waals surface area contributed by atoms with Gasteiger partial charge in [-0.25, -0.2) is 0 Å². The minimum Gasteiger partial charge on any atom is -0.481 e. The molecule has 5 nitrogen and oxygen atoms in total. The second kappa shape index (κ2) is 6.43. The van der Waals surface area contributed by atoms with Gasteiger partial charge in [0.1, 0.15) is 0 Å². The third-order valence-corrected chi connectivity index (χ3v) is 4.42. The van der Waals surface area contributed by atoms with Gasteiger partial charge in [0.05, 0.1) is 24.4 Å². The van der Waals surface area contributed by atoms with Crippen molar-refractivity contribution >= 4 is 5.97 Å². The summed E-state index contributed by atoms with van der Waals surface area (Å²) in [5, 5.41) is 13.3. The summed E-state index contributed by atoms with van der Waals surface area (Å²) in [5.74, 6) is 0.0314. The molecule has 1 aliphatic carbocycles. The van der Waals surface area contributed by atoms with Crippen molar-refractivity contribution in [3.8, 4) is 0 Å². The van der Waals surface area contributed by atoms with Gasteiger partial charge in [-0.3, -0.25) is 14.4 Å². The number of carboxylic acids is 1. The van der Waals surface area contributed by atoms with Crippen molar-refractivity contribution in [2.24, 2.45) is 5.92 Å². The van der Waals surface area contributed by atoms with Gasteiger partial charge in [0, 0.05) is 26.1 Å². The van der Waals surface area contributed by atoms with Crippen LogP contribution in [0.3, 0.4) is 0 Å². The average Bonchev–Trinajstić information content (AvgIpc) is 2.88. The number of aromatic nitrogens is 2. The molecule has 0 saturated heterocycles. The van der Waals surface area contributed by atoms with Gasteiger partial charge < -0.3 is 5.11 Å². The van der Waals surface area contributed by atoms with Gasteiger partial charge >= 0.3 is 5.97 Å². The molecule has 5 heteroatoms. The lowest BCUT2D eigenvalue weighted by Gasteiger charge is -2.31. The standard InChI is InChI=1S/C16H23N3O2/c20-16(21)7-6-14-10-15-12-18(8-9-19(15)17-14)11-13-4-2-1-3-5-13/h1-2,10,13H,3-9,11-12H2,(H,20,21)/t13-/m0/s1. The number of allylic oxidation sites excluding steroid dienone is 2. The summed E-state index contributed by atoms with van der Waals surface area (Å²) < 4.78 is 2.05. The van der Waals surface area contributed by atoms with E-state index in [1.807, 2.05) is 0 Å². The van der Waals surface area contributed by atoms with E-state index in [0.717, 1.165) is 31.2 Å². The van der Waals surface area contributed by atoms with Crippen molar-refractivity contribution in [3.63, 3.8) is 0 Å². The van der Waals surface area contributed by atoms with Gasteiger partial charge in [0.25, 0.3) is 0 Å². The molecule has 0 unspecified atom stereocenters. The lowest BCUT2D eigenvalue weighted by atomic mass is 9.94. The Hall–Kier alpha value is -1.62. The third-order valence-electron chi connectivity index (χ3n) is 4.42. The second-order valence-electron chi connectivity index (χ2n) is 6.13. The zero-order valence-electron chi connectivity index (χ0n) is 12.4. The van der Waals surface area contributed by atoms with Crippen molar-refractivity contribution in [1.29, 1.82) is 0 Å². The highest BCUT2D eigenvalue weighted by molar-refractivity contribution is 5.66. The Morgan fingerprint density at radius 1 is 1.38 bits per heavy atom. The van der Waals surface area contributed by atoms with E-state index in [2.05, 4.69) is 32.9 Å². The van der Waals surface area contributed by atoms with Gasteiger partial charge in [-0.15, -0.1) is 0 Å². The summed E-state index contributed by atoms with van der Waals surface area (Å²) in [6.07, 6.45) is 9.02. The average molecular weight is 289 g/mol. The van der Waals surface area contributed by atoms with Gasteiger partial charge in [0.15, 0.2) is 0 Å². The van der Waals surface area contributed by atoms with E-state index in [1.165, 1.54) is 31.5 Å². The molecule has 2 aliphatic rings. The van der Waals surface area contributed by atoms with E-state index >= 15 is 0 Å². The van der Waals surface area contributed by atoms with Crippen LogP contribution in [0.5, 0.6) is 0 Å². The van der Waals surface area contributed by atoms with E-state index in [-0.39, 0.29) is 6.42 Å². The molecule has 21 heavy (non-hydrogen) atoms. The number of aryl methyl sites for hydroxylation is 1. The largest absolute Gasteiger partial charge is 0.481 e. The quantitative estimate of drug-likeness (QED) is 0.843. The predicted octanol–water partition coefficient (Wildman–Crippen LogP) is 2.07. The summed E-state index contributed by atoms with van der Waals surface area (Å²) in [6, 6.07) is 2.08. The van der Waals surface area contributed by atoms with E-state index in [1.54, 1.807) is 0 Å². The monoisotopic (exact) mass is 289 g/mol. The number of rotatable bonds is 5.